The molecule has 1 atom stereocenters. The quantitative estimate of drug-likeness (QED) is 0.629. The van der Waals surface area contributed by atoms with Crippen molar-refractivity contribution in [3.63, 3.8) is 0 Å². The highest BCUT2D eigenvalue weighted by Crippen LogP contribution is 2.23. The maximum Gasteiger partial charge on any atom is 0.252 e. The third-order valence-electron chi connectivity index (χ3n) is 4.65. The van der Waals surface area contributed by atoms with Crippen molar-refractivity contribution in [1.29, 1.82) is 0 Å². The molecule has 0 aliphatic rings. The Bertz CT molecular complexity index is 939. The minimum Gasteiger partial charge on any atom is -0.316 e. The van der Waals surface area contributed by atoms with Gasteiger partial charge in [-0.2, -0.15) is 0 Å². The van der Waals surface area contributed by atoms with Gasteiger partial charge < -0.3 is 5.73 Å². The molecule has 0 saturated carbocycles. The van der Waals surface area contributed by atoms with Gasteiger partial charge in [-0.3, -0.25) is 9.69 Å². The van der Waals surface area contributed by atoms with Crippen LogP contribution in [0.1, 0.15) is 28.3 Å². The van der Waals surface area contributed by atoms with E-state index in [1.807, 2.05) is 91.9 Å². The minimum absolute atomic E-state index is 0. The van der Waals surface area contributed by atoms with Crippen LogP contribution in [-0.4, -0.2) is 5.91 Å². The minimum atomic E-state index is -0.728. The van der Waals surface area contributed by atoms with Crippen LogP contribution in [0.2, 0.25) is 0 Å². The molecule has 4 heteroatoms. The maximum absolute atomic E-state index is 13.2. The lowest BCUT2D eigenvalue weighted by Gasteiger charge is -2.23. The van der Waals surface area contributed by atoms with E-state index in [-0.39, 0.29) is 18.3 Å². The first-order valence-corrected chi connectivity index (χ1v) is 9.00. The molecule has 0 bridgehead atoms. The summed E-state index contributed by atoms with van der Waals surface area (Å²) in [5, 5.41) is 0. The predicted molar refractivity (Wildman–Crippen MR) is 119 cm³/mol. The highest BCUT2D eigenvalue weighted by Gasteiger charge is 2.22. The Morgan fingerprint density at radius 2 is 1.50 bits per heavy atom. The van der Waals surface area contributed by atoms with Crippen LogP contribution in [0.15, 0.2) is 85.1 Å². The number of hydrogen-bond donors (Lipinski definition) is 1. The van der Waals surface area contributed by atoms with Crippen molar-refractivity contribution in [3.8, 4) is 0 Å². The molecule has 144 valence electrons. The van der Waals surface area contributed by atoms with Crippen molar-refractivity contribution >= 4 is 30.1 Å². The smallest absolute Gasteiger partial charge is 0.252 e. The molecule has 0 aliphatic carbocycles. The lowest BCUT2D eigenvalue weighted by molar-refractivity contribution is -0.119. The molecule has 0 aliphatic heterocycles. The number of nitrogens with two attached hydrogens (primary N) is 1. The molecule has 0 fully saturated rings. The Balaban J connectivity index is 0.00000280. The second kappa shape index (κ2) is 9.88. The number of anilines is 1. The number of benzene rings is 3. The van der Waals surface area contributed by atoms with Gasteiger partial charge in [0.2, 0.25) is 0 Å². The molecule has 2 N–H and O–H groups in total. The SMILES string of the molecule is Cc1ccc(N(C=Cc2ccccc2)C(=O)[C@@H](N)c2ccccc2)cc1C.Cl. The Morgan fingerprint density at radius 1 is 0.893 bits per heavy atom. The summed E-state index contributed by atoms with van der Waals surface area (Å²) in [6, 6.07) is 24.6. The van der Waals surface area contributed by atoms with Crippen molar-refractivity contribution in [2.45, 2.75) is 19.9 Å². The summed E-state index contributed by atoms with van der Waals surface area (Å²) in [6.45, 7) is 4.10. The topological polar surface area (TPSA) is 46.3 Å². The first-order valence-electron chi connectivity index (χ1n) is 9.00. The molecule has 0 unspecified atom stereocenters. The number of amides is 1. The fraction of sp³-hybridized carbons (Fsp3) is 0.125. The van der Waals surface area contributed by atoms with Gasteiger partial charge >= 0.3 is 0 Å². The third kappa shape index (κ3) is 5.10. The van der Waals surface area contributed by atoms with Crippen molar-refractivity contribution in [1.82, 2.24) is 0 Å². The van der Waals surface area contributed by atoms with Crippen LogP contribution >= 0.6 is 12.4 Å². The first kappa shape index (κ1) is 21.4. The van der Waals surface area contributed by atoms with E-state index in [1.54, 1.807) is 11.1 Å². The van der Waals surface area contributed by atoms with Crippen LogP contribution < -0.4 is 10.6 Å². The van der Waals surface area contributed by atoms with Crippen molar-refractivity contribution in [2.75, 3.05) is 4.90 Å². The Hall–Kier alpha value is -2.88. The van der Waals surface area contributed by atoms with E-state index < -0.39 is 6.04 Å². The molecule has 3 rings (SSSR count). The average molecular weight is 393 g/mol. The first-order chi connectivity index (χ1) is 13.1. The summed E-state index contributed by atoms with van der Waals surface area (Å²) in [5.74, 6) is -0.170. The molecule has 0 aromatic heterocycles. The van der Waals surface area contributed by atoms with Crippen LogP contribution in [0.5, 0.6) is 0 Å². The number of hydrogen-bond acceptors (Lipinski definition) is 2. The van der Waals surface area contributed by atoms with E-state index in [9.17, 15) is 4.79 Å². The zero-order chi connectivity index (χ0) is 19.2. The Labute approximate surface area is 172 Å². The van der Waals surface area contributed by atoms with Crippen LogP contribution in [-0.2, 0) is 4.79 Å². The summed E-state index contributed by atoms with van der Waals surface area (Å²) in [6.07, 6.45) is 3.72. The second-order valence-electron chi connectivity index (χ2n) is 6.59. The fourth-order valence-electron chi connectivity index (χ4n) is 2.84. The van der Waals surface area contributed by atoms with E-state index in [4.69, 9.17) is 5.73 Å². The number of carbonyl (C=O) groups is 1. The summed E-state index contributed by atoms with van der Waals surface area (Å²) < 4.78 is 0. The van der Waals surface area contributed by atoms with Crippen molar-refractivity contribution < 1.29 is 4.79 Å². The van der Waals surface area contributed by atoms with Crippen LogP contribution in [0.25, 0.3) is 6.08 Å². The zero-order valence-corrected chi connectivity index (χ0v) is 16.9. The van der Waals surface area contributed by atoms with E-state index >= 15 is 0 Å². The van der Waals surface area contributed by atoms with Crippen molar-refractivity contribution in [3.05, 3.63) is 107 Å². The third-order valence-corrected chi connectivity index (χ3v) is 4.65. The second-order valence-corrected chi connectivity index (χ2v) is 6.59. The molecule has 3 nitrogen and oxygen atoms in total. The highest BCUT2D eigenvalue weighted by molar-refractivity contribution is 6.00. The van der Waals surface area contributed by atoms with E-state index in [0.717, 1.165) is 22.4 Å². The average Bonchev–Trinajstić information content (AvgIpc) is 2.71. The fourth-order valence-corrected chi connectivity index (χ4v) is 2.84. The van der Waals surface area contributed by atoms with Gasteiger partial charge in [0.15, 0.2) is 0 Å². The summed E-state index contributed by atoms with van der Waals surface area (Å²) in [5.41, 5.74) is 11.2. The van der Waals surface area contributed by atoms with Gasteiger partial charge in [0.05, 0.1) is 0 Å². The summed E-state index contributed by atoms with van der Waals surface area (Å²) in [7, 11) is 0. The normalized spacial score (nSPS) is 11.7. The number of halogens is 1. The molecular formula is C24H25ClN2O. The summed E-state index contributed by atoms with van der Waals surface area (Å²) in [4.78, 5) is 14.8. The van der Waals surface area contributed by atoms with Gasteiger partial charge in [0, 0.05) is 11.9 Å². The van der Waals surface area contributed by atoms with Crippen molar-refractivity contribution in [2.24, 2.45) is 5.73 Å². The molecule has 3 aromatic rings. The molecule has 0 saturated heterocycles. The zero-order valence-electron chi connectivity index (χ0n) is 16.1. The predicted octanol–water partition coefficient (Wildman–Crippen LogP) is 5.43. The lowest BCUT2D eigenvalue weighted by Crippen LogP contribution is -2.35. The van der Waals surface area contributed by atoms with E-state index in [1.165, 1.54) is 5.56 Å². The number of aryl methyl sites for hydroxylation is 2. The largest absolute Gasteiger partial charge is 0.316 e. The van der Waals surface area contributed by atoms with Crippen LogP contribution in [0, 0.1) is 13.8 Å². The molecule has 28 heavy (non-hydrogen) atoms. The molecule has 1 amide bonds. The highest BCUT2D eigenvalue weighted by atomic mass is 35.5. The monoisotopic (exact) mass is 392 g/mol. The van der Waals surface area contributed by atoms with Gasteiger partial charge in [-0.1, -0.05) is 66.7 Å². The Morgan fingerprint density at radius 3 is 2.11 bits per heavy atom. The number of nitrogens with zero attached hydrogens (tertiary/aromatic N) is 1. The van der Waals surface area contributed by atoms with Gasteiger partial charge in [0.1, 0.15) is 6.04 Å². The Kier molecular flexibility index (Phi) is 7.56. The van der Waals surface area contributed by atoms with E-state index in [2.05, 4.69) is 6.92 Å². The molecule has 3 aromatic carbocycles. The maximum atomic E-state index is 13.2. The summed E-state index contributed by atoms with van der Waals surface area (Å²) >= 11 is 0. The number of rotatable bonds is 5. The van der Waals surface area contributed by atoms with E-state index in [0.29, 0.717) is 0 Å². The molecule has 0 radical (unpaired) electrons. The van der Waals surface area contributed by atoms with Gasteiger partial charge in [-0.15, -0.1) is 12.4 Å². The van der Waals surface area contributed by atoms with Gasteiger partial charge in [-0.05, 0) is 54.3 Å². The molecule has 0 heterocycles. The standard InChI is InChI=1S/C24H24N2O.ClH/c1-18-13-14-22(17-19(18)2)26(16-15-20-9-5-3-6-10-20)24(27)23(25)21-11-7-4-8-12-21;/h3-17,23H,25H2,1-2H3;1H/t23-;/m0./s1. The van der Waals surface area contributed by atoms with Gasteiger partial charge in [0.25, 0.3) is 5.91 Å². The lowest BCUT2D eigenvalue weighted by atomic mass is 10.1. The van der Waals surface area contributed by atoms with Crippen LogP contribution in [0.4, 0.5) is 5.69 Å². The van der Waals surface area contributed by atoms with Crippen LogP contribution in [0.3, 0.4) is 0 Å². The van der Waals surface area contributed by atoms with Gasteiger partial charge in [-0.25, -0.2) is 0 Å². The molecular weight excluding hydrogens is 368 g/mol. The molecule has 0 spiro atoms. The number of carbonyl (C=O) groups excluding carboxylic acids is 1.